The van der Waals surface area contributed by atoms with Gasteiger partial charge in [-0.05, 0) is 35.9 Å². The van der Waals surface area contributed by atoms with E-state index in [4.69, 9.17) is 16.2 Å². The number of nitrogens with one attached hydrogen (secondary N) is 2. The molecule has 2 amide bonds. The van der Waals surface area contributed by atoms with Gasteiger partial charge < -0.3 is 26.5 Å². The lowest BCUT2D eigenvalue weighted by atomic mass is 10.1. The van der Waals surface area contributed by atoms with Crippen LogP contribution in [0.2, 0.25) is 0 Å². The summed E-state index contributed by atoms with van der Waals surface area (Å²) in [7, 11) is 0. The minimum atomic E-state index is -0.590. The SMILES string of the molecule is NCc1ccc(-n2cc3cc(-c4cccc(OCCNC(N)=O)c4)[nH]c3nc2=O)cc1. The molecule has 0 aliphatic carbocycles. The summed E-state index contributed by atoms with van der Waals surface area (Å²) in [5.74, 6) is 0.648. The van der Waals surface area contributed by atoms with Crippen molar-refractivity contribution in [3.8, 4) is 22.7 Å². The largest absolute Gasteiger partial charge is 0.492 e. The van der Waals surface area contributed by atoms with Gasteiger partial charge in [-0.3, -0.25) is 4.57 Å². The van der Waals surface area contributed by atoms with Gasteiger partial charge in [0.1, 0.15) is 18.0 Å². The number of aromatic nitrogens is 3. The maximum absolute atomic E-state index is 12.5. The Morgan fingerprint density at radius 3 is 2.71 bits per heavy atom. The molecule has 0 aliphatic rings. The number of primary amides is 1. The predicted octanol–water partition coefficient (Wildman–Crippen LogP) is 1.89. The Hall–Kier alpha value is -4.11. The summed E-state index contributed by atoms with van der Waals surface area (Å²) < 4.78 is 7.15. The zero-order chi connectivity index (χ0) is 21.8. The number of amides is 2. The van der Waals surface area contributed by atoms with Gasteiger partial charge in [0.25, 0.3) is 0 Å². The van der Waals surface area contributed by atoms with Crippen LogP contribution in [0.15, 0.2) is 65.6 Å². The number of rotatable bonds is 7. The predicted molar refractivity (Wildman–Crippen MR) is 118 cm³/mol. The topological polar surface area (TPSA) is 141 Å². The number of carbonyl (C=O) groups is 1. The van der Waals surface area contributed by atoms with Gasteiger partial charge in [0.2, 0.25) is 0 Å². The maximum Gasteiger partial charge on any atom is 0.354 e. The highest BCUT2D eigenvalue weighted by Gasteiger charge is 2.10. The van der Waals surface area contributed by atoms with Crippen molar-refractivity contribution in [1.82, 2.24) is 19.9 Å². The Balaban J connectivity index is 1.60. The maximum atomic E-state index is 12.5. The third-order valence-electron chi connectivity index (χ3n) is 4.77. The van der Waals surface area contributed by atoms with Crippen LogP contribution in [-0.4, -0.2) is 33.7 Å². The first kappa shape index (κ1) is 20.2. The number of carbonyl (C=O) groups excluding carboxylic acids is 1. The van der Waals surface area contributed by atoms with E-state index in [2.05, 4.69) is 15.3 Å². The number of H-pyrrole nitrogens is 1. The van der Waals surface area contributed by atoms with Gasteiger partial charge in [-0.2, -0.15) is 4.98 Å². The number of hydrogen-bond acceptors (Lipinski definition) is 5. The lowest BCUT2D eigenvalue weighted by Gasteiger charge is -2.07. The molecule has 31 heavy (non-hydrogen) atoms. The van der Waals surface area contributed by atoms with Crippen LogP contribution in [0.4, 0.5) is 4.79 Å². The standard InChI is InChI=1S/C22H22N6O3/c23-12-14-4-6-17(7-5-14)28-13-16-11-19(26-20(16)27-22(28)30)15-2-1-3-18(10-15)31-9-8-25-21(24)29/h1-7,10-11,13H,8-9,12,23H2,(H3,24,25,29)(H,26,27,30). The van der Waals surface area contributed by atoms with Gasteiger partial charge in [0, 0.05) is 29.4 Å². The first-order valence-corrected chi connectivity index (χ1v) is 9.72. The zero-order valence-electron chi connectivity index (χ0n) is 16.7. The van der Waals surface area contributed by atoms with Crippen LogP contribution in [0.1, 0.15) is 5.56 Å². The highest BCUT2D eigenvalue weighted by molar-refractivity contribution is 5.82. The van der Waals surface area contributed by atoms with Crippen molar-refractivity contribution >= 4 is 17.1 Å². The minimum Gasteiger partial charge on any atom is -0.492 e. The molecule has 0 saturated carbocycles. The Morgan fingerprint density at radius 2 is 1.97 bits per heavy atom. The van der Waals surface area contributed by atoms with E-state index in [-0.39, 0.29) is 5.69 Å². The fourth-order valence-corrected chi connectivity index (χ4v) is 3.22. The monoisotopic (exact) mass is 418 g/mol. The Kier molecular flexibility index (Phi) is 5.67. The van der Waals surface area contributed by atoms with Crippen molar-refractivity contribution in [3.05, 3.63) is 76.8 Å². The number of fused-ring (bicyclic) bond motifs is 1. The number of nitrogens with two attached hydrogens (primary N) is 2. The third kappa shape index (κ3) is 4.57. The molecule has 9 nitrogen and oxygen atoms in total. The smallest absolute Gasteiger partial charge is 0.354 e. The van der Waals surface area contributed by atoms with Crippen LogP contribution in [0, 0.1) is 0 Å². The van der Waals surface area contributed by atoms with Crippen LogP contribution < -0.4 is 27.2 Å². The summed E-state index contributed by atoms with van der Waals surface area (Å²) >= 11 is 0. The second-order valence-corrected chi connectivity index (χ2v) is 6.92. The fourth-order valence-electron chi connectivity index (χ4n) is 3.22. The molecule has 0 radical (unpaired) electrons. The Bertz CT molecular complexity index is 1280. The van der Waals surface area contributed by atoms with Crippen molar-refractivity contribution in [1.29, 1.82) is 0 Å². The fraction of sp³-hybridized carbons (Fsp3) is 0.136. The molecule has 6 N–H and O–H groups in total. The van der Waals surface area contributed by atoms with Crippen molar-refractivity contribution in [2.24, 2.45) is 11.5 Å². The number of benzene rings is 2. The number of urea groups is 1. The van der Waals surface area contributed by atoms with Gasteiger partial charge >= 0.3 is 11.7 Å². The summed E-state index contributed by atoms with van der Waals surface area (Å²) in [4.78, 5) is 30.6. The Morgan fingerprint density at radius 1 is 1.16 bits per heavy atom. The molecule has 2 aromatic carbocycles. The molecule has 2 heterocycles. The number of nitrogens with zero attached hydrogens (tertiary/aromatic N) is 2. The molecular formula is C22H22N6O3. The molecule has 9 heteroatoms. The molecule has 0 spiro atoms. The first-order valence-electron chi connectivity index (χ1n) is 9.72. The molecule has 0 bridgehead atoms. The summed E-state index contributed by atoms with van der Waals surface area (Å²) in [5, 5.41) is 3.27. The summed E-state index contributed by atoms with van der Waals surface area (Å²) in [6.45, 7) is 1.05. The highest BCUT2D eigenvalue weighted by atomic mass is 16.5. The molecule has 0 aliphatic heterocycles. The van der Waals surface area contributed by atoms with E-state index in [1.807, 2.05) is 54.6 Å². The second kappa shape index (κ2) is 8.72. The van der Waals surface area contributed by atoms with Gasteiger partial charge in [-0.25, -0.2) is 9.59 Å². The lowest BCUT2D eigenvalue weighted by molar-refractivity contribution is 0.244. The molecule has 0 fully saturated rings. The molecule has 2 aromatic heterocycles. The molecule has 0 saturated heterocycles. The average Bonchev–Trinajstić information content (AvgIpc) is 3.19. The van der Waals surface area contributed by atoms with Crippen LogP contribution in [-0.2, 0) is 6.54 Å². The molecule has 0 atom stereocenters. The molecule has 158 valence electrons. The van der Waals surface area contributed by atoms with Gasteiger partial charge in [0.05, 0.1) is 12.2 Å². The van der Waals surface area contributed by atoms with Crippen molar-refractivity contribution in [2.75, 3.05) is 13.2 Å². The highest BCUT2D eigenvalue weighted by Crippen LogP contribution is 2.26. The average molecular weight is 418 g/mol. The molecular weight excluding hydrogens is 396 g/mol. The van der Waals surface area contributed by atoms with E-state index < -0.39 is 6.03 Å². The van der Waals surface area contributed by atoms with Crippen molar-refractivity contribution in [2.45, 2.75) is 6.54 Å². The van der Waals surface area contributed by atoms with E-state index in [9.17, 15) is 9.59 Å². The number of ether oxygens (including phenoxy) is 1. The normalized spacial score (nSPS) is 10.9. The van der Waals surface area contributed by atoms with Gasteiger partial charge in [0.15, 0.2) is 0 Å². The summed E-state index contributed by atoms with van der Waals surface area (Å²) in [6, 6.07) is 16.3. The van der Waals surface area contributed by atoms with Crippen LogP contribution in [0.5, 0.6) is 5.75 Å². The van der Waals surface area contributed by atoms with Crippen LogP contribution >= 0.6 is 0 Å². The third-order valence-corrected chi connectivity index (χ3v) is 4.77. The van der Waals surface area contributed by atoms with Crippen LogP contribution in [0.25, 0.3) is 28.0 Å². The summed E-state index contributed by atoms with van der Waals surface area (Å²) in [6.07, 6.45) is 1.76. The number of hydrogen-bond donors (Lipinski definition) is 4. The molecule has 4 rings (SSSR count). The zero-order valence-corrected chi connectivity index (χ0v) is 16.7. The van der Waals surface area contributed by atoms with E-state index in [1.165, 1.54) is 4.57 Å². The quantitative estimate of drug-likeness (QED) is 0.339. The second-order valence-electron chi connectivity index (χ2n) is 6.92. The van der Waals surface area contributed by atoms with E-state index in [0.717, 1.165) is 27.9 Å². The first-order chi connectivity index (χ1) is 15.0. The minimum absolute atomic E-state index is 0.295. The lowest BCUT2D eigenvalue weighted by Crippen LogP contribution is -2.32. The van der Waals surface area contributed by atoms with Gasteiger partial charge in [-0.1, -0.05) is 24.3 Å². The van der Waals surface area contributed by atoms with Gasteiger partial charge in [-0.15, -0.1) is 0 Å². The number of aromatic amines is 1. The summed E-state index contributed by atoms with van der Waals surface area (Å²) in [5.41, 5.74) is 14.2. The van der Waals surface area contributed by atoms with Crippen molar-refractivity contribution < 1.29 is 9.53 Å². The van der Waals surface area contributed by atoms with Crippen molar-refractivity contribution in [3.63, 3.8) is 0 Å². The molecule has 0 unspecified atom stereocenters. The van der Waals surface area contributed by atoms with Crippen LogP contribution in [0.3, 0.4) is 0 Å². The Labute approximate surface area is 177 Å². The molecule has 4 aromatic rings. The van der Waals surface area contributed by atoms with E-state index in [1.54, 1.807) is 6.20 Å². The van der Waals surface area contributed by atoms with E-state index >= 15 is 0 Å². The van der Waals surface area contributed by atoms with E-state index in [0.29, 0.717) is 31.1 Å².